The number of hydrogen-bond acceptors (Lipinski definition) is 2. The van der Waals surface area contributed by atoms with Crippen LogP contribution in [0.25, 0.3) is 0 Å². The van der Waals surface area contributed by atoms with Gasteiger partial charge >= 0.3 is 0 Å². The Labute approximate surface area is 163 Å². The van der Waals surface area contributed by atoms with E-state index in [4.69, 9.17) is 10.00 Å². The Morgan fingerprint density at radius 3 is 2.30 bits per heavy atom. The molecule has 2 nitrogen and oxygen atoms in total. The number of halogens is 2. The monoisotopic (exact) mass is 377 g/mol. The van der Waals surface area contributed by atoms with Crippen molar-refractivity contribution in [1.82, 2.24) is 0 Å². The molecule has 0 aliphatic heterocycles. The van der Waals surface area contributed by atoms with Crippen LogP contribution >= 0.6 is 0 Å². The standard InChI is InChI=1S/C13H13NO.C10H20F2/c1-10(12-3-2-4-12)15-13-7-5-11(9-14)6-8-13;1-4-6-7-10(11,12)8-9(3)5-2/h5-8H,2-4H2,1H3;9H,4-8H2,1-3H3. The summed E-state index contributed by atoms with van der Waals surface area (Å²) in [5.74, 6) is -0.445. The largest absolute Gasteiger partial charge is 0.462 e. The van der Waals surface area contributed by atoms with Crippen LogP contribution in [-0.4, -0.2) is 5.92 Å². The second kappa shape index (κ2) is 11.7. The quantitative estimate of drug-likeness (QED) is 0.436. The lowest BCUT2D eigenvalue weighted by Crippen LogP contribution is -2.19. The summed E-state index contributed by atoms with van der Waals surface area (Å²) in [6.07, 6.45) is 6.09. The smallest absolute Gasteiger partial charge is 0.248 e. The Hall–Kier alpha value is -1.89. The highest BCUT2D eigenvalue weighted by Gasteiger charge is 2.29. The van der Waals surface area contributed by atoms with E-state index >= 15 is 0 Å². The van der Waals surface area contributed by atoms with Crippen LogP contribution < -0.4 is 4.74 Å². The van der Waals surface area contributed by atoms with Crippen molar-refractivity contribution in [2.75, 3.05) is 0 Å². The first-order valence-corrected chi connectivity index (χ1v) is 10.1. The van der Waals surface area contributed by atoms with Gasteiger partial charge in [-0.3, -0.25) is 0 Å². The molecule has 150 valence electrons. The Morgan fingerprint density at radius 2 is 1.85 bits per heavy atom. The van der Waals surface area contributed by atoms with Gasteiger partial charge in [-0.25, -0.2) is 8.78 Å². The zero-order valence-electron chi connectivity index (χ0n) is 17.2. The molecule has 0 amide bonds. The molecule has 1 aliphatic carbocycles. The van der Waals surface area contributed by atoms with Crippen LogP contribution in [0.4, 0.5) is 8.78 Å². The van der Waals surface area contributed by atoms with E-state index < -0.39 is 5.92 Å². The van der Waals surface area contributed by atoms with Gasteiger partial charge in [-0.2, -0.15) is 5.26 Å². The van der Waals surface area contributed by atoms with Crippen LogP contribution in [0.3, 0.4) is 0 Å². The minimum atomic E-state index is -2.43. The molecule has 4 heteroatoms. The van der Waals surface area contributed by atoms with Crippen molar-refractivity contribution in [2.45, 2.75) is 85.0 Å². The predicted molar refractivity (Wildman–Crippen MR) is 107 cm³/mol. The maximum atomic E-state index is 13.0. The van der Waals surface area contributed by atoms with Crippen molar-refractivity contribution in [3.05, 3.63) is 41.2 Å². The molecule has 1 aromatic carbocycles. The number of unbranched alkanes of at least 4 members (excludes halogenated alkanes) is 1. The summed E-state index contributed by atoms with van der Waals surface area (Å²) in [6, 6.07) is 9.30. The minimum Gasteiger partial charge on any atom is -0.462 e. The summed E-state index contributed by atoms with van der Waals surface area (Å²) in [5, 5.41) is 8.65. The first-order chi connectivity index (χ1) is 12.8. The molecule has 1 fully saturated rings. The van der Waals surface area contributed by atoms with Crippen LogP contribution in [-0.2, 0) is 0 Å². The summed E-state index contributed by atoms with van der Waals surface area (Å²) < 4.78 is 31.8. The summed E-state index contributed by atoms with van der Waals surface area (Å²) >= 11 is 0. The van der Waals surface area contributed by atoms with Gasteiger partial charge in [0.2, 0.25) is 5.92 Å². The Morgan fingerprint density at radius 1 is 1.22 bits per heavy atom. The van der Waals surface area contributed by atoms with Gasteiger partial charge in [0.1, 0.15) is 11.5 Å². The third kappa shape index (κ3) is 9.04. The van der Waals surface area contributed by atoms with Gasteiger partial charge < -0.3 is 4.74 Å². The average Bonchev–Trinajstić information content (AvgIpc) is 2.59. The van der Waals surface area contributed by atoms with Crippen LogP contribution in [0.2, 0.25) is 0 Å². The summed E-state index contributed by atoms with van der Waals surface area (Å²) in [5.41, 5.74) is 2.08. The molecule has 0 saturated heterocycles. The summed E-state index contributed by atoms with van der Waals surface area (Å²) in [7, 11) is 0. The molecule has 0 heterocycles. The van der Waals surface area contributed by atoms with E-state index in [0.717, 1.165) is 24.4 Å². The number of benzene rings is 1. The lowest BCUT2D eigenvalue weighted by molar-refractivity contribution is -0.0310. The maximum absolute atomic E-state index is 13.0. The summed E-state index contributed by atoms with van der Waals surface area (Å²) in [4.78, 5) is 0. The topological polar surface area (TPSA) is 33.0 Å². The fourth-order valence-electron chi connectivity index (χ4n) is 2.74. The van der Waals surface area contributed by atoms with Crippen molar-refractivity contribution in [3.63, 3.8) is 0 Å². The Kier molecular flexibility index (Phi) is 10.1. The van der Waals surface area contributed by atoms with E-state index in [1.54, 1.807) is 12.1 Å². The van der Waals surface area contributed by atoms with Crippen molar-refractivity contribution in [3.8, 4) is 11.8 Å². The van der Waals surface area contributed by atoms with Crippen molar-refractivity contribution < 1.29 is 13.5 Å². The lowest BCUT2D eigenvalue weighted by atomic mass is 9.91. The van der Waals surface area contributed by atoms with E-state index in [1.807, 2.05) is 39.8 Å². The van der Waals surface area contributed by atoms with Gasteiger partial charge in [0.15, 0.2) is 0 Å². The highest BCUT2D eigenvalue weighted by molar-refractivity contribution is 5.35. The molecule has 2 rings (SSSR count). The summed E-state index contributed by atoms with van der Waals surface area (Å²) in [6.45, 7) is 7.80. The molecule has 0 radical (unpaired) electrons. The number of ether oxygens (including phenoxy) is 1. The van der Waals surface area contributed by atoms with Crippen molar-refractivity contribution in [1.29, 1.82) is 5.26 Å². The normalized spacial score (nSPS) is 14.3. The van der Waals surface area contributed by atoms with Crippen LogP contribution in [0.5, 0.6) is 5.75 Å². The third-order valence-corrected chi connectivity index (χ3v) is 4.95. The minimum absolute atomic E-state index is 0.0590. The van der Waals surface area contributed by atoms with Gasteiger partial charge in [0.05, 0.1) is 11.6 Å². The molecule has 1 saturated carbocycles. The molecule has 1 aliphatic rings. The van der Waals surface area contributed by atoms with E-state index in [1.165, 1.54) is 24.8 Å². The van der Waals surface area contributed by atoms with E-state index in [0.29, 0.717) is 12.0 Å². The van der Waals surface area contributed by atoms with E-state index in [9.17, 15) is 8.78 Å². The molecular weight excluding hydrogens is 344 g/mol. The number of rotatable bonds is 8. The van der Waals surface area contributed by atoms with Gasteiger partial charge in [-0.05, 0) is 68.4 Å². The fraction of sp³-hybridized carbons (Fsp3) is 0.609. The van der Waals surface area contributed by atoms with Crippen molar-refractivity contribution >= 4 is 0 Å². The molecule has 1 unspecified atom stereocenters. The average molecular weight is 378 g/mol. The first kappa shape index (κ1) is 23.1. The number of hydrogen-bond donors (Lipinski definition) is 0. The molecular formula is C23H33F2NO. The molecule has 1 aromatic rings. The zero-order chi connectivity index (χ0) is 20.3. The SMILES string of the molecule is CC(Oc1ccc(C#N)cc1)=C1CCC1.CCCCC(F)(F)CC(C)CC. The maximum Gasteiger partial charge on any atom is 0.248 e. The van der Waals surface area contributed by atoms with Gasteiger partial charge in [-0.1, -0.05) is 33.6 Å². The second-order valence-corrected chi connectivity index (χ2v) is 7.43. The van der Waals surface area contributed by atoms with E-state index in [-0.39, 0.29) is 18.8 Å². The van der Waals surface area contributed by atoms with Gasteiger partial charge in [0.25, 0.3) is 0 Å². The predicted octanol–water partition coefficient (Wildman–Crippen LogP) is 7.64. The molecule has 0 bridgehead atoms. The van der Waals surface area contributed by atoms with Gasteiger partial charge in [0, 0.05) is 12.8 Å². The lowest BCUT2D eigenvalue weighted by Gasteiger charge is -2.19. The molecule has 1 atom stereocenters. The Bertz CT molecular complexity index is 623. The second-order valence-electron chi connectivity index (χ2n) is 7.43. The van der Waals surface area contributed by atoms with Crippen molar-refractivity contribution in [2.24, 2.45) is 5.92 Å². The van der Waals surface area contributed by atoms with E-state index in [2.05, 4.69) is 6.07 Å². The number of alkyl halides is 2. The molecule has 0 spiro atoms. The number of allylic oxidation sites excluding steroid dienone is 2. The number of nitriles is 1. The Balaban J connectivity index is 0.000000279. The molecule has 0 N–H and O–H groups in total. The van der Waals surface area contributed by atoms with Gasteiger partial charge in [-0.15, -0.1) is 0 Å². The fourth-order valence-corrected chi connectivity index (χ4v) is 2.74. The highest BCUT2D eigenvalue weighted by atomic mass is 19.3. The van der Waals surface area contributed by atoms with Crippen LogP contribution in [0.15, 0.2) is 35.6 Å². The highest BCUT2D eigenvalue weighted by Crippen LogP contribution is 2.30. The van der Waals surface area contributed by atoms with Crippen LogP contribution in [0, 0.1) is 17.2 Å². The molecule has 0 aromatic heterocycles. The first-order valence-electron chi connectivity index (χ1n) is 10.1. The zero-order valence-corrected chi connectivity index (χ0v) is 17.2. The third-order valence-electron chi connectivity index (χ3n) is 4.95. The van der Waals surface area contributed by atoms with Crippen LogP contribution in [0.1, 0.15) is 84.6 Å². The number of nitrogens with zero attached hydrogens (tertiary/aromatic N) is 1. The molecule has 27 heavy (non-hydrogen) atoms.